The number of aliphatic hydroxyl groups excluding tert-OH is 1. The molecule has 1 saturated heterocycles. The number of thiocarbonyl (C=S) groups is 1. The van der Waals surface area contributed by atoms with E-state index in [1.165, 1.54) is 12.1 Å². The van der Waals surface area contributed by atoms with Crippen LogP contribution < -0.4 is 10.1 Å². The molecule has 0 saturated carbocycles. The summed E-state index contributed by atoms with van der Waals surface area (Å²) in [6.45, 7) is 0.710. The Morgan fingerprint density at radius 3 is 2.50 bits per heavy atom. The lowest BCUT2D eigenvalue weighted by atomic mass is 9.97. The van der Waals surface area contributed by atoms with Crippen molar-refractivity contribution in [3.8, 4) is 5.75 Å². The van der Waals surface area contributed by atoms with Crippen molar-refractivity contribution in [2.75, 3.05) is 13.2 Å². The normalized spacial score (nSPS) is 17.8. The molecule has 0 bridgehead atoms. The molecule has 3 aromatic rings. The highest BCUT2D eigenvalue weighted by atomic mass is 32.1. The number of nitrogens with zero attached hydrogens (tertiary/aromatic N) is 3. The molecule has 1 aliphatic rings. The summed E-state index contributed by atoms with van der Waals surface area (Å²) in [4.78, 5) is 16.8. The van der Waals surface area contributed by atoms with Crippen molar-refractivity contribution in [3.05, 3.63) is 99.9 Å². The third-order valence-electron chi connectivity index (χ3n) is 5.31. The Kier molecular flexibility index (Phi) is 6.58. The van der Waals surface area contributed by atoms with E-state index in [9.17, 15) is 15.2 Å². The number of aliphatic hydroxyl groups is 1. The summed E-state index contributed by atoms with van der Waals surface area (Å²) in [5.41, 5.74) is 2.79. The lowest BCUT2D eigenvalue weighted by Crippen LogP contribution is -2.32. The maximum Gasteiger partial charge on any atom is 0.269 e. The highest BCUT2D eigenvalue weighted by molar-refractivity contribution is 7.80. The van der Waals surface area contributed by atoms with E-state index in [-0.39, 0.29) is 24.4 Å². The van der Waals surface area contributed by atoms with Gasteiger partial charge in [0.25, 0.3) is 5.69 Å². The van der Waals surface area contributed by atoms with Crippen LogP contribution in [0.15, 0.2) is 72.9 Å². The molecule has 0 aliphatic carbocycles. The van der Waals surface area contributed by atoms with Crippen LogP contribution in [-0.4, -0.2) is 38.2 Å². The third kappa shape index (κ3) is 4.68. The summed E-state index contributed by atoms with van der Waals surface area (Å²) >= 11 is 5.52. The molecule has 0 spiro atoms. The fourth-order valence-electron chi connectivity index (χ4n) is 3.76. The van der Waals surface area contributed by atoms with Gasteiger partial charge in [-0.25, -0.2) is 0 Å². The average molecular weight is 451 g/mol. The Bertz CT molecular complexity index is 1080. The zero-order valence-electron chi connectivity index (χ0n) is 17.1. The first kappa shape index (κ1) is 21.7. The SMILES string of the molecule is O=[N+]([O-])c1ccc(COc2ccc([C@@H]3[C@H](c4ccccn4)NC(=S)N3CCO)cc2)cc1. The number of benzene rings is 2. The van der Waals surface area contributed by atoms with Gasteiger partial charge in [-0.2, -0.15) is 0 Å². The number of pyridine rings is 1. The largest absolute Gasteiger partial charge is 0.489 e. The summed E-state index contributed by atoms with van der Waals surface area (Å²) < 4.78 is 5.84. The van der Waals surface area contributed by atoms with Crippen LogP contribution in [-0.2, 0) is 6.61 Å². The van der Waals surface area contributed by atoms with Gasteiger partial charge in [0.1, 0.15) is 12.4 Å². The van der Waals surface area contributed by atoms with Crippen LogP contribution in [0.4, 0.5) is 5.69 Å². The minimum Gasteiger partial charge on any atom is -0.489 e. The summed E-state index contributed by atoms with van der Waals surface area (Å²) in [5, 5.41) is 24.2. The van der Waals surface area contributed by atoms with Gasteiger partial charge < -0.3 is 20.1 Å². The first-order valence-corrected chi connectivity index (χ1v) is 10.5. The van der Waals surface area contributed by atoms with Gasteiger partial charge in [-0.05, 0) is 59.7 Å². The molecule has 2 aromatic carbocycles. The monoisotopic (exact) mass is 450 g/mol. The van der Waals surface area contributed by atoms with E-state index in [1.54, 1.807) is 18.3 Å². The van der Waals surface area contributed by atoms with Crippen LogP contribution in [0, 0.1) is 10.1 Å². The Morgan fingerprint density at radius 2 is 1.88 bits per heavy atom. The first-order chi connectivity index (χ1) is 15.6. The number of nitrogens with one attached hydrogen (secondary N) is 1. The maximum atomic E-state index is 10.8. The number of ether oxygens (including phenoxy) is 1. The van der Waals surface area contributed by atoms with E-state index in [2.05, 4.69) is 10.3 Å². The summed E-state index contributed by atoms with van der Waals surface area (Å²) in [6, 6.07) is 19.5. The summed E-state index contributed by atoms with van der Waals surface area (Å²) in [7, 11) is 0. The first-order valence-electron chi connectivity index (χ1n) is 10.1. The topological polar surface area (TPSA) is 101 Å². The van der Waals surface area contributed by atoms with E-state index in [1.807, 2.05) is 47.4 Å². The molecule has 1 aromatic heterocycles. The van der Waals surface area contributed by atoms with Gasteiger partial charge in [-0.1, -0.05) is 18.2 Å². The quantitative estimate of drug-likeness (QED) is 0.305. The molecule has 8 nitrogen and oxygen atoms in total. The van der Waals surface area contributed by atoms with Gasteiger partial charge in [0.15, 0.2) is 5.11 Å². The molecule has 0 radical (unpaired) electrons. The second kappa shape index (κ2) is 9.71. The molecule has 9 heteroatoms. The van der Waals surface area contributed by atoms with Crippen molar-refractivity contribution in [2.24, 2.45) is 0 Å². The number of rotatable bonds is 8. The molecule has 0 amide bonds. The number of nitro benzene ring substituents is 1. The molecule has 32 heavy (non-hydrogen) atoms. The Balaban J connectivity index is 1.50. The smallest absolute Gasteiger partial charge is 0.269 e. The summed E-state index contributed by atoms with van der Waals surface area (Å²) in [5.74, 6) is 0.684. The number of hydrogen-bond donors (Lipinski definition) is 2. The van der Waals surface area contributed by atoms with Crippen molar-refractivity contribution in [3.63, 3.8) is 0 Å². The van der Waals surface area contributed by atoms with Crippen LogP contribution in [0.2, 0.25) is 0 Å². The predicted molar refractivity (Wildman–Crippen MR) is 123 cm³/mol. The molecule has 2 heterocycles. The average Bonchev–Trinajstić information content (AvgIpc) is 3.15. The van der Waals surface area contributed by atoms with E-state index in [4.69, 9.17) is 17.0 Å². The lowest BCUT2D eigenvalue weighted by molar-refractivity contribution is -0.384. The van der Waals surface area contributed by atoms with Crippen LogP contribution in [0.25, 0.3) is 0 Å². The van der Waals surface area contributed by atoms with E-state index >= 15 is 0 Å². The van der Waals surface area contributed by atoms with Crippen molar-refractivity contribution in [2.45, 2.75) is 18.7 Å². The van der Waals surface area contributed by atoms with Gasteiger partial charge in [-0.15, -0.1) is 0 Å². The van der Waals surface area contributed by atoms with Crippen LogP contribution >= 0.6 is 12.2 Å². The zero-order chi connectivity index (χ0) is 22.5. The number of nitro groups is 1. The number of hydrogen-bond acceptors (Lipinski definition) is 6. The highest BCUT2D eigenvalue weighted by Crippen LogP contribution is 2.38. The molecule has 1 aliphatic heterocycles. The second-order valence-electron chi connectivity index (χ2n) is 7.32. The van der Waals surface area contributed by atoms with Gasteiger partial charge in [-0.3, -0.25) is 15.1 Å². The number of aromatic nitrogens is 1. The number of β-amino-alcohol motifs (C(OH)–C–C–N with tert-alkyl or cyclic N) is 1. The molecule has 4 rings (SSSR count). The molecule has 0 unspecified atom stereocenters. The van der Waals surface area contributed by atoms with Gasteiger partial charge in [0, 0.05) is 24.9 Å². The van der Waals surface area contributed by atoms with E-state index in [0.717, 1.165) is 16.8 Å². The van der Waals surface area contributed by atoms with Crippen LogP contribution in [0.1, 0.15) is 28.9 Å². The molecular weight excluding hydrogens is 428 g/mol. The van der Waals surface area contributed by atoms with Crippen molar-refractivity contribution < 1.29 is 14.8 Å². The van der Waals surface area contributed by atoms with Crippen molar-refractivity contribution in [1.29, 1.82) is 0 Å². The highest BCUT2D eigenvalue weighted by Gasteiger charge is 2.39. The Labute approximate surface area is 190 Å². The van der Waals surface area contributed by atoms with Gasteiger partial charge >= 0.3 is 0 Å². The third-order valence-corrected chi connectivity index (χ3v) is 5.67. The van der Waals surface area contributed by atoms with E-state index in [0.29, 0.717) is 24.0 Å². The molecule has 2 atom stereocenters. The predicted octanol–water partition coefficient (Wildman–Crippen LogP) is 3.53. The standard InChI is InChI=1S/C23H22N4O4S/c28-14-13-26-22(21(25-23(26)32)20-3-1-2-12-24-20)17-6-10-19(11-7-17)31-15-16-4-8-18(9-5-16)27(29)30/h1-12,21-22,28H,13-15H2,(H,25,32)/t21-,22+/m0/s1. The molecule has 2 N–H and O–H groups in total. The second-order valence-corrected chi connectivity index (χ2v) is 7.71. The van der Waals surface area contributed by atoms with Crippen LogP contribution in [0.3, 0.4) is 0 Å². The molecule has 1 fully saturated rings. The van der Waals surface area contributed by atoms with Crippen LogP contribution in [0.5, 0.6) is 5.75 Å². The Hall–Kier alpha value is -3.56. The minimum absolute atomic E-state index is 0.0102. The maximum absolute atomic E-state index is 10.8. The fourth-order valence-corrected chi connectivity index (χ4v) is 4.09. The van der Waals surface area contributed by atoms with Gasteiger partial charge in [0.2, 0.25) is 0 Å². The van der Waals surface area contributed by atoms with Crippen molar-refractivity contribution in [1.82, 2.24) is 15.2 Å². The molecule has 164 valence electrons. The Morgan fingerprint density at radius 1 is 1.12 bits per heavy atom. The minimum atomic E-state index is -0.425. The summed E-state index contributed by atoms with van der Waals surface area (Å²) in [6.07, 6.45) is 1.75. The lowest BCUT2D eigenvalue weighted by Gasteiger charge is -2.27. The zero-order valence-corrected chi connectivity index (χ0v) is 17.9. The number of non-ortho nitro benzene ring substituents is 1. The fraction of sp³-hybridized carbons (Fsp3) is 0.217. The van der Waals surface area contributed by atoms with Gasteiger partial charge in [0.05, 0.1) is 29.3 Å². The van der Waals surface area contributed by atoms with E-state index < -0.39 is 4.92 Å². The molecular formula is C23H22N4O4S. The van der Waals surface area contributed by atoms with Crippen molar-refractivity contribution >= 4 is 23.0 Å².